The van der Waals surface area contributed by atoms with E-state index in [1.54, 1.807) is 29.2 Å². The molecule has 8 heteroatoms. The van der Waals surface area contributed by atoms with Crippen LogP contribution in [0, 0.1) is 0 Å². The number of likely N-dealkylation sites (N-methyl/N-ethyl adjacent to an activating group) is 1. The quantitative estimate of drug-likeness (QED) is 0.688. The number of hydrogen-bond acceptors (Lipinski definition) is 5. The van der Waals surface area contributed by atoms with Gasteiger partial charge in [0.25, 0.3) is 0 Å². The number of pyridine rings is 1. The summed E-state index contributed by atoms with van der Waals surface area (Å²) in [6, 6.07) is 3.53. The molecule has 2 N–H and O–H groups in total. The molecule has 0 aliphatic heterocycles. The molecule has 0 saturated heterocycles. The first-order valence-electron chi connectivity index (χ1n) is 6.73. The Morgan fingerprint density at radius 2 is 2.05 bits per heavy atom. The molecule has 0 saturated carbocycles. The normalized spacial score (nSPS) is 11.7. The molecule has 0 aliphatic carbocycles. The minimum atomic E-state index is -3.54. The fourth-order valence-electron chi connectivity index (χ4n) is 1.74. The van der Waals surface area contributed by atoms with E-state index in [9.17, 15) is 8.42 Å². The highest BCUT2D eigenvalue weighted by atomic mass is 32.2. The minimum absolute atomic E-state index is 0.174. The third-order valence-electron chi connectivity index (χ3n) is 2.90. The number of nitrogens with zero attached hydrogens (tertiary/aromatic N) is 3. The maximum absolute atomic E-state index is 12.2. The smallest absolute Gasteiger partial charge is 0.243 e. The number of aromatic nitrogens is 3. The van der Waals surface area contributed by atoms with Crippen LogP contribution in [0.4, 0.5) is 0 Å². The van der Waals surface area contributed by atoms with Crippen molar-refractivity contribution in [3.05, 3.63) is 42.5 Å². The Kier molecular flexibility index (Phi) is 5.43. The van der Waals surface area contributed by atoms with Gasteiger partial charge in [-0.25, -0.2) is 13.1 Å². The van der Waals surface area contributed by atoms with Gasteiger partial charge in [-0.2, -0.15) is 5.10 Å². The second kappa shape index (κ2) is 7.30. The van der Waals surface area contributed by atoms with Crippen molar-refractivity contribution in [3.8, 4) is 0 Å². The molecule has 0 spiro atoms. The molecule has 0 atom stereocenters. The number of nitrogens with one attached hydrogen (secondary N) is 2. The molecule has 2 aromatic heterocycles. The summed E-state index contributed by atoms with van der Waals surface area (Å²) >= 11 is 0. The van der Waals surface area contributed by atoms with E-state index >= 15 is 0 Å². The maximum Gasteiger partial charge on any atom is 0.243 e. The summed E-state index contributed by atoms with van der Waals surface area (Å²) < 4.78 is 28.5. The maximum atomic E-state index is 12.2. The molecule has 0 fully saturated rings. The lowest BCUT2D eigenvalue weighted by Crippen LogP contribution is -2.23. The molecule has 21 heavy (non-hydrogen) atoms. The number of hydrogen-bond donors (Lipinski definition) is 2. The van der Waals surface area contributed by atoms with E-state index in [1.807, 2.05) is 6.92 Å². The highest BCUT2D eigenvalue weighted by Gasteiger charge is 2.16. The van der Waals surface area contributed by atoms with E-state index in [0.717, 1.165) is 18.7 Å². The zero-order valence-electron chi connectivity index (χ0n) is 11.9. The highest BCUT2D eigenvalue weighted by molar-refractivity contribution is 7.89. The van der Waals surface area contributed by atoms with E-state index in [-0.39, 0.29) is 11.4 Å². The minimum Gasteiger partial charge on any atom is -0.315 e. The van der Waals surface area contributed by atoms with Crippen molar-refractivity contribution in [1.82, 2.24) is 24.8 Å². The van der Waals surface area contributed by atoms with Crippen molar-refractivity contribution in [2.24, 2.45) is 0 Å². The van der Waals surface area contributed by atoms with Gasteiger partial charge in [0.05, 0.1) is 12.7 Å². The topological polar surface area (TPSA) is 88.9 Å². The van der Waals surface area contributed by atoms with Gasteiger partial charge in [-0.05, 0) is 24.2 Å². The third kappa shape index (κ3) is 4.62. The van der Waals surface area contributed by atoms with Crippen LogP contribution in [0.15, 0.2) is 41.8 Å². The van der Waals surface area contributed by atoms with Gasteiger partial charge in [0, 0.05) is 31.7 Å². The molecular weight excluding hydrogens is 290 g/mol. The zero-order chi connectivity index (χ0) is 15.1. The summed E-state index contributed by atoms with van der Waals surface area (Å²) in [6.45, 7) is 4.51. The summed E-state index contributed by atoms with van der Waals surface area (Å²) in [5.41, 5.74) is 0.855. The largest absolute Gasteiger partial charge is 0.315 e. The molecule has 114 valence electrons. The summed E-state index contributed by atoms with van der Waals surface area (Å²) in [5.74, 6) is 0. The predicted molar refractivity (Wildman–Crippen MR) is 79.0 cm³/mol. The summed E-state index contributed by atoms with van der Waals surface area (Å²) in [6.07, 6.45) is 6.15. The van der Waals surface area contributed by atoms with Gasteiger partial charge < -0.3 is 5.32 Å². The Hall–Kier alpha value is -1.77. The van der Waals surface area contributed by atoms with E-state index in [2.05, 4.69) is 20.1 Å². The first-order valence-corrected chi connectivity index (χ1v) is 8.22. The molecule has 0 unspecified atom stereocenters. The number of rotatable bonds is 8. The van der Waals surface area contributed by atoms with Crippen molar-refractivity contribution in [3.63, 3.8) is 0 Å². The molecular formula is C13H19N5O2S. The second-order valence-corrected chi connectivity index (χ2v) is 6.24. The Bertz CT molecular complexity index is 654. The lowest BCUT2D eigenvalue weighted by atomic mass is 10.3. The van der Waals surface area contributed by atoms with Crippen molar-refractivity contribution in [2.45, 2.75) is 24.9 Å². The molecule has 2 heterocycles. The Labute approximate surface area is 124 Å². The van der Waals surface area contributed by atoms with E-state index < -0.39 is 10.0 Å². The molecule has 0 radical (unpaired) electrons. The van der Waals surface area contributed by atoms with E-state index in [1.165, 1.54) is 12.4 Å². The van der Waals surface area contributed by atoms with Crippen molar-refractivity contribution in [2.75, 3.05) is 13.1 Å². The van der Waals surface area contributed by atoms with Gasteiger partial charge in [-0.1, -0.05) is 6.92 Å². The molecule has 0 aliphatic rings. The van der Waals surface area contributed by atoms with Crippen LogP contribution in [-0.4, -0.2) is 36.3 Å². The number of sulfonamides is 1. The highest BCUT2D eigenvalue weighted by Crippen LogP contribution is 2.08. The standard InChI is InChI=1S/C13H19N5O2S/c1-2-14-7-8-18-11-13(10-16-18)21(19,20)17-9-12-3-5-15-6-4-12/h3-6,10-11,14,17H,2,7-9H2,1H3. The SMILES string of the molecule is CCNCCn1cc(S(=O)(=O)NCc2ccncc2)cn1. The monoisotopic (exact) mass is 309 g/mol. The van der Waals surface area contributed by atoms with Crippen LogP contribution in [0.25, 0.3) is 0 Å². The first-order chi connectivity index (χ1) is 10.1. The summed E-state index contributed by atoms with van der Waals surface area (Å²) in [7, 11) is -3.54. The van der Waals surface area contributed by atoms with E-state index in [4.69, 9.17) is 0 Å². The van der Waals surface area contributed by atoms with Crippen LogP contribution in [0.1, 0.15) is 12.5 Å². The molecule has 0 aromatic carbocycles. The van der Waals surface area contributed by atoms with Gasteiger partial charge in [0.1, 0.15) is 4.90 Å². The van der Waals surface area contributed by atoms with Gasteiger partial charge in [0.15, 0.2) is 0 Å². The van der Waals surface area contributed by atoms with Gasteiger partial charge in [-0.3, -0.25) is 9.67 Å². The molecule has 7 nitrogen and oxygen atoms in total. The van der Waals surface area contributed by atoms with Crippen molar-refractivity contribution in [1.29, 1.82) is 0 Å². The van der Waals surface area contributed by atoms with Crippen molar-refractivity contribution >= 4 is 10.0 Å². The fourth-order valence-corrected chi connectivity index (χ4v) is 2.71. The summed E-state index contributed by atoms with van der Waals surface area (Å²) in [4.78, 5) is 4.06. The molecule has 2 rings (SSSR count). The first kappa shape index (κ1) is 15.6. The van der Waals surface area contributed by atoms with Gasteiger partial charge in [0.2, 0.25) is 10.0 Å². The Morgan fingerprint density at radius 1 is 1.29 bits per heavy atom. The van der Waals surface area contributed by atoms with E-state index in [0.29, 0.717) is 6.54 Å². The Morgan fingerprint density at radius 3 is 2.76 bits per heavy atom. The molecule has 0 amide bonds. The lowest BCUT2D eigenvalue weighted by molar-refractivity contribution is 0.562. The van der Waals surface area contributed by atoms with Crippen LogP contribution in [0.5, 0.6) is 0 Å². The Balaban J connectivity index is 1.96. The average Bonchev–Trinajstić information content (AvgIpc) is 2.96. The van der Waals surface area contributed by atoms with Crippen LogP contribution in [-0.2, 0) is 23.1 Å². The predicted octanol–water partition coefficient (Wildman–Crippen LogP) is 0.366. The zero-order valence-corrected chi connectivity index (χ0v) is 12.7. The van der Waals surface area contributed by atoms with Gasteiger partial charge in [-0.15, -0.1) is 0 Å². The second-order valence-electron chi connectivity index (χ2n) is 4.47. The summed E-state index contributed by atoms with van der Waals surface area (Å²) in [5, 5.41) is 7.22. The van der Waals surface area contributed by atoms with Crippen LogP contribution < -0.4 is 10.0 Å². The van der Waals surface area contributed by atoms with Crippen LogP contribution in [0.2, 0.25) is 0 Å². The molecule has 0 bridgehead atoms. The average molecular weight is 309 g/mol. The van der Waals surface area contributed by atoms with Gasteiger partial charge >= 0.3 is 0 Å². The molecule has 2 aromatic rings. The third-order valence-corrected chi connectivity index (χ3v) is 4.26. The van der Waals surface area contributed by atoms with Crippen LogP contribution in [0.3, 0.4) is 0 Å². The van der Waals surface area contributed by atoms with Crippen LogP contribution >= 0.6 is 0 Å². The fraction of sp³-hybridized carbons (Fsp3) is 0.385. The lowest BCUT2D eigenvalue weighted by Gasteiger charge is -2.04. The van der Waals surface area contributed by atoms with Crippen molar-refractivity contribution < 1.29 is 8.42 Å².